The number of halogens is 1. The van der Waals surface area contributed by atoms with Gasteiger partial charge in [-0.2, -0.15) is 0 Å². The van der Waals surface area contributed by atoms with E-state index in [1.54, 1.807) is 18.2 Å². The maximum atomic E-state index is 13.9. The molecule has 2 rings (SSSR count). The van der Waals surface area contributed by atoms with Crippen LogP contribution in [0.1, 0.15) is 43.2 Å². The highest BCUT2D eigenvalue weighted by Gasteiger charge is 2.15. The molecule has 0 saturated carbocycles. The highest BCUT2D eigenvalue weighted by atomic mass is 19.1. The molecule has 0 amide bonds. The third-order valence-corrected chi connectivity index (χ3v) is 4.17. The van der Waals surface area contributed by atoms with E-state index < -0.39 is 0 Å². The summed E-state index contributed by atoms with van der Waals surface area (Å²) in [6.45, 7) is 1.30. The summed E-state index contributed by atoms with van der Waals surface area (Å²) in [4.78, 5) is 11.9. The van der Waals surface area contributed by atoms with E-state index in [0.717, 1.165) is 32.5 Å². The topological polar surface area (TPSA) is 46.5 Å². The van der Waals surface area contributed by atoms with Gasteiger partial charge in [-0.3, -0.25) is 4.79 Å². The van der Waals surface area contributed by atoms with Crippen LogP contribution in [0, 0.1) is 11.7 Å². The van der Waals surface area contributed by atoms with E-state index in [0.29, 0.717) is 36.3 Å². The zero-order valence-corrected chi connectivity index (χ0v) is 12.3. The zero-order chi connectivity index (χ0) is 15.1. The summed E-state index contributed by atoms with van der Waals surface area (Å²) in [6, 6.07) is 4.96. The lowest BCUT2D eigenvalue weighted by Crippen LogP contribution is -2.16. The maximum Gasteiger partial charge on any atom is 0.133 e. The summed E-state index contributed by atoms with van der Waals surface area (Å²) < 4.78 is 19.2. The number of ether oxygens (including phenoxy) is 1. The summed E-state index contributed by atoms with van der Waals surface area (Å²) >= 11 is 0. The lowest BCUT2D eigenvalue weighted by molar-refractivity contribution is -0.119. The quantitative estimate of drug-likeness (QED) is 0.841. The smallest absolute Gasteiger partial charge is 0.133 e. The third-order valence-electron chi connectivity index (χ3n) is 4.17. The van der Waals surface area contributed by atoms with E-state index in [1.807, 2.05) is 0 Å². The van der Waals surface area contributed by atoms with Gasteiger partial charge in [-0.05, 0) is 37.2 Å². The first-order valence-electron chi connectivity index (χ1n) is 7.67. The van der Waals surface area contributed by atoms with Crippen LogP contribution in [0.15, 0.2) is 18.2 Å². The first-order valence-corrected chi connectivity index (χ1v) is 7.67. The molecule has 1 heterocycles. The number of ketones is 1. The van der Waals surface area contributed by atoms with Crippen LogP contribution in [0.5, 0.6) is 0 Å². The molecule has 1 aliphatic heterocycles. The number of carbonyl (C=O) groups excluding carboxylic acids is 1. The van der Waals surface area contributed by atoms with Gasteiger partial charge >= 0.3 is 0 Å². The van der Waals surface area contributed by atoms with Crippen LogP contribution in [0.25, 0.3) is 0 Å². The summed E-state index contributed by atoms with van der Waals surface area (Å²) in [5, 5.41) is 9.03. The fourth-order valence-electron chi connectivity index (χ4n) is 2.75. The maximum absolute atomic E-state index is 13.9. The lowest BCUT2D eigenvalue weighted by atomic mass is 9.92. The number of Topliss-reactive ketones (excluding diaryl/α,β-unsaturated/α-hetero) is 1. The molecular formula is C17H23FO3. The molecule has 0 radical (unpaired) electrons. The summed E-state index contributed by atoms with van der Waals surface area (Å²) in [5.41, 5.74) is 0.808. The van der Waals surface area contributed by atoms with Gasteiger partial charge in [0.1, 0.15) is 11.6 Å². The standard InChI is InChI=1S/C17H23FO3/c18-17-14(2-1-3-15(17)12-19)5-7-16(20)6-4-13-8-10-21-11-9-13/h1-3,13,19H,4-12H2. The van der Waals surface area contributed by atoms with Crippen LogP contribution < -0.4 is 0 Å². The van der Waals surface area contributed by atoms with Crippen LogP contribution >= 0.6 is 0 Å². The van der Waals surface area contributed by atoms with Crippen molar-refractivity contribution in [1.82, 2.24) is 0 Å². The van der Waals surface area contributed by atoms with Gasteiger partial charge < -0.3 is 9.84 Å². The number of hydrogen-bond donors (Lipinski definition) is 1. The fourth-order valence-corrected chi connectivity index (χ4v) is 2.75. The monoisotopic (exact) mass is 294 g/mol. The molecule has 0 aliphatic carbocycles. The van der Waals surface area contributed by atoms with Crippen LogP contribution in [0.4, 0.5) is 4.39 Å². The Morgan fingerprint density at radius 3 is 2.67 bits per heavy atom. The molecule has 0 unspecified atom stereocenters. The van der Waals surface area contributed by atoms with Crippen molar-refractivity contribution in [2.75, 3.05) is 13.2 Å². The summed E-state index contributed by atoms with van der Waals surface area (Å²) in [6.07, 6.45) is 4.36. The molecule has 116 valence electrons. The number of aliphatic hydroxyl groups is 1. The highest BCUT2D eigenvalue weighted by molar-refractivity contribution is 5.78. The molecule has 1 N–H and O–H groups in total. The molecule has 0 atom stereocenters. The van der Waals surface area contributed by atoms with Gasteiger partial charge in [0.15, 0.2) is 0 Å². The molecule has 21 heavy (non-hydrogen) atoms. The second-order valence-electron chi connectivity index (χ2n) is 5.68. The Morgan fingerprint density at radius 1 is 1.24 bits per heavy atom. The van der Waals surface area contributed by atoms with E-state index >= 15 is 0 Å². The second kappa shape index (κ2) is 8.25. The fraction of sp³-hybridized carbons (Fsp3) is 0.588. The number of aliphatic hydroxyl groups excluding tert-OH is 1. The third kappa shape index (κ3) is 4.90. The molecule has 0 bridgehead atoms. The van der Waals surface area contributed by atoms with Crippen molar-refractivity contribution < 1.29 is 19.0 Å². The zero-order valence-electron chi connectivity index (χ0n) is 12.3. The normalized spacial score (nSPS) is 16.1. The predicted octanol–water partition coefficient (Wildman–Crippen LogP) is 3.03. The summed E-state index contributed by atoms with van der Waals surface area (Å²) in [5.74, 6) is 0.407. The summed E-state index contributed by atoms with van der Waals surface area (Å²) in [7, 11) is 0. The van der Waals surface area contributed by atoms with Crippen molar-refractivity contribution in [3.05, 3.63) is 35.1 Å². The molecule has 1 aromatic carbocycles. The van der Waals surface area contributed by atoms with E-state index in [9.17, 15) is 9.18 Å². The van der Waals surface area contributed by atoms with E-state index in [4.69, 9.17) is 9.84 Å². The van der Waals surface area contributed by atoms with Crippen LogP contribution in [0.2, 0.25) is 0 Å². The van der Waals surface area contributed by atoms with Crippen molar-refractivity contribution in [1.29, 1.82) is 0 Å². The average Bonchev–Trinajstić information content (AvgIpc) is 2.53. The van der Waals surface area contributed by atoms with Gasteiger partial charge in [0.05, 0.1) is 6.61 Å². The minimum Gasteiger partial charge on any atom is -0.392 e. The first kappa shape index (κ1) is 16.1. The van der Waals surface area contributed by atoms with Crippen LogP contribution in [-0.4, -0.2) is 24.1 Å². The van der Waals surface area contributed by atoms with E-state index in [1.165, 1.54) is 0 Å². The van der Waals surface area contributed by atoms with E-state index in [2.05, 4.69) is 0 Å². The van der Waals surface area contributed by atoms with Crippen LogP contribution in [0.3, 0.4) is 0 Å². The molecule has 1 saturated heterocycles. The Kier molecular flexibility index (Phi) is 6.33. The largest absolute Gasteiger partial charge is 0.392 e. The van der Waals surface area contributed by atoms with Crippen LogP contribution in [-0.2, 0) is 22.6 Å². The molecular weight excluding hydrogens is 271 g/mol. The van der Waals surface area contributed by atoms with Gasteiger partial charge in [-0.15, -0.1) is 0 Å². The Bertz CT molecular complexity index is 467. The lowest BCUT2D eigenvalue weighted by Gasteiger charge is -2.21. The molecule has 1 aliphatic rings. The van der Waals surface area contributed by atoms with Crippen molar-refractivity contribution in [3.63, 3.8) is 0 Å². The molecule has 4 heteroatoms. The minimum atomic E-state index is -0.378. The van der Waals surface area contributed by atoms with Crippen molar-refractivity contribution in [3.8, 4) is 0 Å². The highest BCUT2D eigenvalue weighted by Crippen LogP contribution is 2.21. The Labute approximate surface area is 125 Å². The van der Waals surface area contributed by atoms with Gasteiger partial charge in [0.2, 0.25) is 0 Å². The Hall–Kier alpha value is -1.26. The number of carbonyl (C=O) groups is 1. The average molecular weight is 294 g/mol. The van der Waals surface area contributed by atoms with Gasteiger partial charge in [0.25, 0.3) is 0 Å². The Balaban J connectivity index is 1.76. The molecule has 3 nitrogen and oxygen atoms in total. The van der Waals surface area contributed by atoms with Gasteiger partial charge in [0, 0.05) is 31.6 Å². The van der Waals surface area contributed by atoms with Crippen molar-refractivity contribution in [2.45, 2.75) is 45.1 Å². The van der Waals surface area contributed by atoms with Gasteiger partial charge in [-0.25, -0.2) is 4.39 Å². The predicted molar refractivity (Wildman–Crippen MR) is 78.4 cm³/mol. The number of hydrogen-bond acceptors (Lipinski definition) is 3. The van der Waals surface area contributed by atoms with Crippen molar-refractivity contribution in [2.24, 2.45) is 5.92 Å². The van der Waals surface area contributed by atoms with E-state index in [-0.39, 0.29) is 18.2 Å². The number of aryl methyl sites for hydroxylation is 1. The molecule has 1 fully saturated rings. The van der Waals surface area contributed by atoms with Crippen molar-refractivity contribution >= 4 is 5.78 Å². The number of rotatable bonds is 7. The number of benzene rings is 1. The van der Waals surface area contributed by atoms with Gasteiger partial charge in [-0.1, -0.05) is 18.2 Å². The Morgan fingerprint density at radius 2 is 1.95 bits per heavy atom. The molecule has 1 aromatic rings. The SMILES string of the molecule is O=C(CCc1cccc(CO)c1F)CCC1CCOCC1. The molecule has 0 aromatic heterocycles. The first-order chi connectivity index (χ1) is 10.2. The molecule has 0 spiro atoms. The second-order valence-corrected chi connectivity index (χ2v) is 5.68. The minimum absolute atomic E-state index is 0.190.